The summed E-state index contributed by atoms with van der Waals surface area (Å²) in [5.74, 6) is 0.0947. The monoisotopic (exact) mass is 440 g/mol. The molecule has 1 aromatic carbocycles. The fourth-order valence-electron chi connectivity index (χ4n) is 6.33. The maximum atomic E-state index is 14.2. The van der Waals surface area contributed by atoms with Crippen LogP contribution in [0.4, 0.5) is 0 Å². The first-order valence-electron chi connectivity index (χ1n) is 11.6. The summed E-state index contributed by atoms with van der Waals surface area (Å²) >= 11 is 0. The molecule has 1 saturated heterocycles. The minimum Gasteiger partial charge on any atom is -0.339 e. The van der Waals surface area contributed by atoms with E-state index in [2.05, 4.69) is 59.9 Å². The zero-order valence-corrected chi connectivity index (χ0v) is 19.4. The first-order chi connectivity index (χ1) is 15.8. The Kier molecular flexibility index (Phi) is 4.81. The number of rotatable bonds is 3. The zero-order valence-electron chi connectivity index (χ0n) is 19.4. The Labute approximate surface area is 194 Å². The molecule has 2 bridgehead atoms. The highest BCUT2D eigenvalue weighted by molar-refractivity contribution is 5.92. The summed E-state index contributed by atoms with van der Waals surface area (Å²) in [4.78, 5) is 27.8. The number of fused-ring (bicyclic) bond motifs is 5. The first-order valence-corrected chi connectivity index (χ1v) is 11.6. The SMILES string of the molecule is CC12CCC(C(=O)N3CCN(Cc4ccccc4)CC3)(c3nc(C#N)c(C#N)nc31)C2(C)C. The van der Waals surface area contributed by atoms with Crippen molar-refractivity contribution in [3.63, 3.8) is 0 Å². The molecule has 1 saturated carbocycles. The first kappa shape index (κ1) is 21.6. The fourth-order valence-corrected chi connectivity index (χ4v) is 6.33. The van der Waals surface area contributed by atoms with Gasteiger partial charge in [-0.15, -0.1) is 0 Å². The maximum absolute atomic E-state index is 14.2. The summed E-state index contributed by atoms with van der Waals surface area (Å²) in [5.41, 5.74) is 1.10. The van der Waals surface area contributed by atoms with Crippen LogP contribution in [-0.2, 0) is 22.2 Å². The molecule has 1 aliphatic heterocycles. The van der Waals surface area contributed by atoms with E-state index in [0.717, 1.165) is 31.7 Å². The van der Waals surface area contributed by atoms with E-state index < -0.39 is 10.8 Å². The summed E-state index contributed by atoms with van der Waals surface area (Å²) in [6, 6.07) is 14.4. The minimum atomic E-state index is -0.814. The van der Waals surface area contributed by atoms with Gasteiger partial charge in [0, 0.05) is 38.1 Å². The molecule has 1 amide bonds. The van der Waals surface area contributed by atoms with E-state index in [9.17, 15) is 15.3 Å². The van der Waals surface area contributed by atoms with Crippen LogP contribution >= 0.6 is 0 Å². The summed E-state index contributed by atoms with van der Waals surface area (Å²) in [7, 11) is 0. The average Bonchev–Trinajstić information content (AvgIpc) is 3.13. The predicted molar refractivity (Wildman–Crippen MR) is 122 cm³/mol. The Morgan fingerprint density at radius 3 is 2.15 bits per heavy atom. The third kappa shape index (κ3) is 2.79. The fraction of sp³-hybridized carbons (Fsp3) is 0.500. The van der Waals surface area contributed by atoms with Crippen LogP contribution in [0.25, 0.3) is 0 Å². The van der Waals surface area contributed by atoms with Crippen LogP contribution in [-0.4, -0.2) is 51.9 Å². The van der Waals surface area contributed by atoms with Crippen LogP contribution < -0.4 is 0 Å². The Balaban J connectivity index is 1.45. The van der Waals surface area contributed by atoms with Gasteiger partial charge in [0.25, 0.3) is 0 Å². The van der Waals surface area contributed by atoms with Crippen molar-refractivity contribution >= 4 is 5.91 Å². The molecule has 2 fully saturated rings. The second-order valence-electron chi connectivity index (χ2n) is 10.3. The van der Waals surface area contributed by atoms with Crippen molar-refractivity contribution in [2.75, 3.05) is 26.2 Å². The van der Waals surface area contributed by atoms with Gasteiger partial charge in [-0.3, -0.25) is 9.69 Å². The van der Waals surface area contributed by atoms with Gasteiger partial charge < -0.3 is 4.90 Å². The number of carbonyl (C=O) groups excluding carboxylic acids is 1. The van der Waals surface area contributed by atoms with Gasteiger partial charge in [0.1, 0.15) is 12.1 Å². The molecule has 33 heavy (non-hydrogen) atoms. The number of amides is 1. The Bertz CT molecular complexity index is 1200. The third-order valence-corrected chi connectivity index (χ3v) is 8.75. The van der Waals surface area contributed by atoms with Crippen molar-refractivity contribution in [1.29, 1.82) is 10.5 Å². The van der Waals surface area contributed by atoms with E-state index >= 15 is 0 Å². The van der Waals surface area contributed by atoms with Gasteiger partial charge in [-0.25, -0.2) is 9.97 Å². The van der Waals surface area contributed by atoms with E-state index in [4.69, 9.17) is 0 Å². The number of carbonyl (C=O) groups is 1. The second-order valence-corrected chi connectivity index (χ2v) is 10.3. The van der Waals surface area contributed by atoms with Gasteiger partial charge >= 0.3 is 0 Å². The van der Waals surface area contributed by atoms with Crippen LogP contribution in [0, 0.1) is 28.1 Å². The number of nitriles is 2. The molecule has 3 aliphatic rings. The number of nitrogens with zero attached hydrogens (tertiary/aromatic N) is 6. The van der Waals surface area contributed by atoms with Crippen LogP contribution in [0.5, 0.6) is 0 Å². The number of aromatic nitrogens is 2. The van der Waals surface area contributed by atoms with Crippen LogP contribution in [0.15, 0.2) is 30.3 Å². The number of piperazine rings is 1. The van der Waals surface area contributed by atoms with E-state index in [0.29, 0.717) is 25.2 Å². The van der Waals surface area contributed by atoms with E-state index in [1.165, 1.54) is 5.56 Å². The summed E-state index contributed by atoms with van der Waals surface area (Å²) in [6.45, 7) is 10.3. The molecule has 2 aliphatic carbocycles. The van der Waals surface area contributed by atoms with Crippen molar-refractivity contribution < 1.29 is 4.79 Å². The molecule has 168 valence electrons. The molecule has 7 nitrogen and oxygen atoms in total. The molecule has 0 N–H and O–H groups in total. The number of benzene rings is 1. The predicted octanol–water partition coefficient (Wildman–Crippen LogP) is 2.89. The lowest BCUT2D eigenvalue weighted by atomic mass is 9.63. The van der Waals surface area contributed by atoms with Gasteiger partial charge in [0.15, 0.2) is 11.4 Å². The molecule has 1 aromatic heterocycles. The molecule has 5 rings (SSSR count). The van der Waals surface area contributed by atoms with Crippen molar-refractivity contribution in [1.82, 2.24) is 19.8 Å². The maximum Gasteiger partial charge on any atom is 0.235 e. The summed E-state index contributed by atoms with van der Waals surface area (Å²) in [5, 5.41) is 19.1. The van der Waals surface area contributed by atoms with Crippen molar-refractivity contribution in [2.24, 2.45) is 5.41 Å². The molecule has 2 unspecified atom stereocenters. The summed E-state index contributed by atoms with van der Waals surface area (Å²) < 4.78 is 0. The Hall–Kier alpha value is -3.29. The Morgan fingerprint density at radius 2 is 1.55 bits per heavy atom. The summed E-state index contributed by atoms with van der Waals surface area (Å²) in [6.07, 6.45) is 1.51. The molecular formula is C26H28N6O. The van der Waals surface area contributed by atoms with E-state index in [1.807, 2.05) is 23.1 Å². The van der Waals surface area contributed by atoms with Gasteiger partial charge in [-0.2, -0.15) is 10.5 Å². The minimum absolute atomic E-state index is 0.0167. The van der Waals surface area contributed by atoms with Crippen LogP contribution in [0.1, 0.15) is 62.0 Å². The quantitative estimate of drug-likeness (QED) is 0.728. The molecule has 0 spiro atoms. The van der Waals surface area contributed by atoms with E-state index in [-0.39, 0.29) is 22.7 Å². The van der Waals surface area contributed by atoms with Crippen LogP contribution in [0.3, 0.4) is 0 Å². The number of hydrogen-bond donors (Lipinski definition) is 0. The van der Waals surface area contributed by atoms with Gasteiger partial charge in [-0.05, 0) is 23.8 Å². The highest BCUT2D eigenvalue weighted by atomic mass is 16.2. The largest absolute Gasteiger partial charge is 0.339 e. The van der Waals surface area contributed by atoms with Gasteiger partial charge in [-0.1, -0.05) is 51.1 Å². The smallest absolute Gasteiger partial charge is 0.235 e. The Morgan fingerprint density at radius 1 is 0.939 bits per heavy atom. The highest BCUT2D eigenvalue weighted by Crippen LogP contribution is 2.70. The van der Waals surface area contributed by atoms with Crippen molar-refractivity contribution in [2.45, 2.75) is 51.0 Å². The highest BCUT2D eigenvalue weighted by Gasteiger charge is 2.73. The van der Waals surface area contributed by atoms with Gasteiger partial charge in [0.2, 0.25) is 5.91 Å². The molecule has 7 heteroatoms. The lowest BCUT2D eigenvalue weighted by molar-refractivity contribution is -0.143. The van der Waals surface area contributed by atoms with Crippen LogP contribution in [0.2, 0.25) is 0 Å². The molecular weight excluding hydrogens is 412 g/mol. The third-order valence-electron chi connectivity index (χ3n) is 8.75. The second kappa shape index (κ2) is 7.37. The standard InChI is InChI=1S/C26H28N6O/c1-24(2)25(3)9-10-26(24,22-21(25)29-19(15-27)20(16-28)30-22)23(33)32-13-11-31(12-14-32)17-18-7-5-4-6-8-18/h4-8H,9-14,17H2,1-3H3. The normalized spacial score (nSPS) is 27.6. The van der Waals surface area contributed by atoms with Gasteiger partial charge in [0.05, 0.1) is 16.8 Å². The lowest BCUT2D eigenvalue weighted by Gasteiger charge is -2.44. The average molecular weight is 441 g/mol. The molecule has 2 aromatic rings. The van der Waals surface area contributed by atoms with Crippen molar-refractivity contribution in [3.8, 4) is 12.1 Å². The molecule has 2 heterocycles. The molecule has 0 radical (unpaired) electrons. The lowest BCUT2D eigenvalue weighted by Crippen LogP contribution is -2.57. The zero-order chi connectivity index (χ0) is 23.4. The topological polar surface area (TPSA) is 96.9 Å². The van der Waals surface area contributed by atoms with E-state index in [1.54, 1.807) is 0 Å². The number of hydrogen-bond acceptors (Lipinski definition) is 6. The van der Waals surface area contributed by atoms with Crippen molar-refractivity contribution in [3.05, 3.63) is 58.7 Å². The molecule has 2 atom stereocenters.